The second-order valence-electron chi connectivity index (χ2n) is 5.88. The van der Waals surface area contributed by atoms with E-state index in [-0.39, 0.29) is 6.04 Å². The second kappa shape index (κ2) is 5.44. The van der Waals surface area contributed by atoms with Crippen LogP contribution >= 0.6 is 23.1 Å². The molecule has 1 spiro atoms. The van der Waals surface area contributed by atoms with Gasteiger partial charge in [-0.1, -0.05) is 31.5 Å². The molecule has 3 rings (SSSR count). The number of nitrogens with one attached hydrogen (secondary N) is 1. The zero-order valence-electron chi connectivity index (χ0n) is 11.6. The van der Waals surface area contributed by atoms with Crippen LogP contribution in [-0.2, 0) is 0 Å². The predicted molar refractivity (Wildman–Crippen MR) is 83.9 cm³/mol. The normalized spacial score (nSPS) is 34.6. The molecule has 19 heavy (non-hydrogen) atoms. The summed E-state index contributed by atoms with van der Waals surface area (Å²) in [6, 6.07) is 0.172. The van der Waals surface area contributed by atoms with E-state index < -0.39 is 0 Å². The van der Waals surface area contributed by atoms with Gasteiger partial charge in [-0.15, -0.1) is 11.3 Å². The van der Waals surface area contributed by atoms with Crippen molar-refractivity contribution in [1.82, 2.24) is 10.3 Å². The number of hydrogen-bond acceptors (Lipinski definition) is 4. The van der Waals surface area contributed by atoms with Crippen molar-refractivity contribution in [2.75, 3.05) is 5.75 Å². The van der Waals surface area contributed by atoms with Crippen LogP contribution in [0.5, 0.6) is 0 Å². The smallest absolute Gasteiger partial charge is 0.157 e. The van der Waals surface area contributed by atoms with Crippen molar-refractivity contribution in [3.63, 3.8) is 0 Å². The highest BCUT2D eigenvalue weighted by molar-refractivity contribution is 8.14. The van der Waals surface area contributed by atoms with Crippen molar-refractivity contribution in [2.24, 2.45) is 10.9 Å². The average molecular weight is 295 g/mol. The van der Waals surface area contributed by atoms with E-state index in [2.05, 4.69) is 24.1 Å². The first-order valence-electron chi connectivity index (χ1n) is 7.05. The van der Waals surface area contributed by atoms with E-state index in [0.717, 1.165) is 16.1 Å². The molecule has 5 heteroatoms. The van der Waals surface area contributed by atoms with Gasteiger partial charge in [-0.05, 0) is 25.7 Å². The number of thiazole rings is 1. The van der Waals surface area contributed by atoms with Gasteiger partial charge in [-0.3, -0.25) is 4.99 Å². The van der Waals surface area contributed by atoms with E-state index >= 15 is 0 Å². The Morgan fingerprint density at radius 3 is 3.21 bits per heavy atom. The molecular formula is C14H21N3S2. The first-order valence-corrected chi connectivity index (χ1v) is 8.92. The number of thioether (sulfide) groups is 1. The molecule has 1 aliphatic carbocycles. The Balaban J connectivity index is 1.68. The molecule has 2 aliphatic rings. The Labute approximate surface area is 123 Å². The first kappa shape index (κ1) is 13.4. The van der Waals surface area contributed by atoms with Crippen LogP contribution in [0.3, 0.4) is 0 Å². The predicted octanol–water partition coefficient (Wildman–Crippen LogP) is 3.85. The monoisotopic (exact) mass is 295 g/mol. The lowest BCUT2D eigenvalue weighted by atomic mass is 9.78. The number of aromatic nitrogens is 1. The fourth-order valence-corrected chi connectivity index (χ4v) is 5.05. The molecule has 1 aromatic heterocycles. The molecule has 0 amide bonds. The summed E-state index contributed by atoms with van der Waals surface area (Å²) < 4.78 is 0. The zero-order valence-corrected chi connectivity index (χ0v) is 13.2. The third-order valence-electron chi connectivity index (χ3n) is 4.07. The molecule has 3 unspecified atom stereocenters. The minimum absolute atomic E-state index is 0.172. The van der Waals surface area contributed by atoms with Crippen LogP contribution in [0.15, 0.2) is 16.6 Å². The van der Waals surface area contributed by atoms with Crippen LogP contribution in [0.1, 0.15) is 50.6 Å². The maximum atomic E-state index is 4.81. The van der Waals surface area contributed by atoms with E-state index in [1.54, 1.807) is 11.3 Å². The highest BCUT2D eigenvalue weighted by Gasteiger charge is 2.40. The van der Waals surface area contributed by atoms with Gasteiger partial charge < -0.3 is 5.32 Å². The van der Waals surface area contributed by atoms with Gasteiger partial charge in [0.15, 0.2) is 5.17 Å². The highest BCUT2D eigenvalue weighted by Crippen LogP contribution is 2.39. The van der Waals surface area contributed by atoms with Crippen molar-refractivity contribution in [2.45, 2.75) is 51.1 Å². The third-order valence-corrected chi connectivity index (χ3v) is 6.19. The molecule has 1 aromatic rings. The van der Waals surface area contributed by atoms with E-state index in [1.165, 1.54) is 31.4 Å². The Hall–Kier alpha value is -0.550. The summed E-state index contributed by atoms with van der Waals surface area (Å²) in [4.78, 5) is 9.16. The van der Waals surface area contributed by atoms with E-state index in [9.17, 15) is 0 Å². The molecule has 0 aromatic carbocycles. The van der Waals surface area contributed by atoms with E-state index in [0.29, 0.717) is 5.54 Å². The summed E-state index contributed by atoms with van der Waals surface area (Å²) in [5, 5.41) is 7.97. The molecule has 1 aliphatic heterocycles. The fourth-order valence-electron chi connectivity index (χ4n) is 3.15. The molecule has 2 fully saturated rings. The van der Waals surface area contributed by atoms with Gasteiger partial charge in [0.05, 0.1) is 0 Å². The van der Waals surface area contributed by atoms with Crippen molar-refractivity contribution in [3.8, 4) is 0 Å². The van der Waals surface area contributed by atoms with Crippen LogP contribution < -0.4 is 5.32 Å². The van der Waals surface area contributed by atoms with Crippen molar-refractivity contribution in [3.05, 3.63) is 16.6 Å². The number of rotatable bonds is 2. The maximum absolute atomic E-state index is 4.81. The molecule has 0 bridgehead atoms. The van der Waals surface area contributed by atoms with E-state index in [1.807, 2.05) is 23.3 Å². The standard InChI is InChI=1S/C14H21N3S2/c1-10-4-3-5-14(8-10)9-19-13(17-14)16-11(2)12-15-6-7-18-12/h6-7,10-11H,3-5,8-9H2,1-2H3,(H,16,17). The third kappa shape index (κ3) is 2.97. The quantitative estimate of drug-likeness (QED) is 0.900. The molecule has 1 saturated heterocycles. The van der Waals surface area contributed by atoms with Gasteiger partial charge in [0.25, 0.3) is 0 Å². The van der Waals surface area contributed by atoms with Gasteiger partial charge in [-0.2, -0.15) is 0 Å². The van der Waals surface area contributed by atoms with Crippen LogP contribution in [-0.4, -0.2) is 21.4 Å². The summed E-state index contributed by atoms with van der Waals surface area (Å²) in [6.07, 6.45) is 7.19. The average Bonchev–Trinajstić information content (AvgIpc) is 3.00. The molecule has 3 atom stereocenters. The van der Waals surface area contributed by atoms with Gasteiger partial charge in [0.2, 0.25) is 0 Å². The molecule has 1 saturated carbocycles. The first-order chi connectivity index (χ1) is 9.17. The van der Waals surface area contributed by atoms with Crippen LogP contribution in [0, 0.1) is 5.92 Å². The van der Waals surface area contributed by atoms with Crippen molar-refractivity contribution < 1.29 is 0 Å². The molecule has 0 radical (unpaired) electrons. The van der Waals surface area contributed by atoms with E-state index in [4.69, 9.17) is 4.99 Å². The van der Waals surface area contributed by atoms with Crippen LogP contribution in [0.25, 0.3) is 0 Å². The number of nitrogens with zero attached hydrogens (tertiary/aromatic N) is 2. The summed E-state index contributed by atoms with van der Waals surface area (Å²) >= 11 is 3.58. The minimum atomic E-state index is 0.172. The van der Waals surface area contributed by atoms with Crippen LogP contribution in [0.4, 0.5) is 0 Å². The summed E-state index contributed by atoms with van der Waals surface area (Å²) in [6.45, 7) is 4.50. The lowest BCUT2D eigenvalue weighted by molar-refractivity contribution is 0.242. The Morgan fingerprint density at radius 1 is 1.58 bits per heavy atom. The van der Waals surface area contributed by atoms with Gasteiger partial charge in [-0.25, -0.2) is 4.98 Å². The van der Waals surface area contributed by atoms with Crippen molar-refractivity contribution in [1.29, 1.82) is 0 Å². The summed E-state index contributed by atoms with van der Waals surface area (Å²) in [7, 11) is 0. The maximum Gasteiger partial charge on any atom is 0.157 e. The Morgan fingerprint density at radius 2 is 2.47 bits per heavy atom. The SMILES string of the molecule is CC1CCCC2(CSC(=NC(C)c3nccs3)N2)C1. The lowest BCUT2D eigenvalue weighted by Gasteiger charge is -2.36. The van der Waals surface area contributed by atoms with Gasteiger partial charge in [0.1, 0.15) is 11.0 Å². The number of hydrogen-bond donors (Lipinski definition) is 1. The number of aliphatic imine (C=N–C) groups is 1. The summed E-state index contributed by atoms with van der Waals surface area (Å²) in [5.41, 5.74) is 0.323. The Kier molecular flexibility index (Phi) is 3.85. The van der Waals surface area contributed by atoms with Crippen LogP contribution in [0.2, 0.25) is 0 Å². The molecule has 104 valence electrons. The lowest BCUT2D eigenvalue weighted by Crippen LogP contribution is -2.47. The second-order valence-corrected chi connectivity index (χ2v) is 7.77. The highest BCUT2D eigenvalue weighted by atomic mass is 32.2. The Bertz CT molecular complexity index is 457. The van der Waals surface area contributed by atoms with Gasteiger partial charge in [0, 0.05) is 22.9 Å². The minimum Gasteiger partial charge on any atom is -0.359 e. The molecule has 3 nitrogen and oxygen atoms in total. The molecular weight excluding hydrogens is 274 g/mol. The largest absolute Gasteiger partial charge is 0.359 e. The number of amidine groups is 1. The van der Waals surface area contributed by atoms with Gasteiger partial charge >= 0.3 is 0 Å². The van der Waals surface area contributed by atoms with Crippen molar-refractivity contribution >= 4 is 28.3 Å². The zero-order chi connectivity index (χ0) is 13.3. The fraction of sp³-hybridized carbons (Fsp3) is 0.714. The topological polar surface area (TPSA) is 37.3 Å². The molecule has 2 heterocycles. The summed E-state index contributed by atoms with van der Waals surface area (Å²) in [5.74, 6) is 2.03. The molecule has 1 N–H and O–H groups in total.